The molecule has 7 nitrogen and oxygen atoms in total. The van der Waals surface area contributed by atoms with Crippen molar-refractivity contribution in [2.24, 2.45) is 5.10 Å². The molecule has 2 aromatic carbocycles. The summed E-state index contributed by atoms with van der Waals surface area (Å²) in [6.07, 6.45) is 2.98. The molecule has 0 aromatic heterocycles. The lowest BCUT2D eigenvalue weighted by Crippen LogP contribution is -2.24. The number of hydrogen-bond donors (Lipinski definition) is 3. The van der Waals surface area contributed by atoms with E-state index in [0.29, 0.717) is 23.2 Å². The number of hydrogen-bond acceptors (Lipinski definition) is 5. The van der Waals surface area contributed by atoms with Crippen molar-refractivity contribution in [2.45, 2.75) is 12.8 Å². The molecule has 2 amide bonds. The van der Waals surface area contributed by atoms with Crippen molar-refractivity contribution in [3.05, 3.63) is 66.0 Å². The van der Waals surface area contributed by atoms with Crippen molar-refractivity contribution in [3.8, 4) is 11.5 Å². The molecule has 0 aliphatic carbocycles. The summed E-state index contributed by atoms with van der Waals surface area (Å²) in [4.78, 5) is 23.6. The van der Waals surface area contributed by atoms with Crippen LogP contribution in [0.3, 0.4) is 0 Å². The van der Waals surface area contributed by atoms with Crippen molar-refractivity contribution >= 4 is 23.7 Å². The second-order valence-electron chi connectivity index (χ2n) is 5.75. The monoisotopic (exact) mass is 385 g/mol. The van der Waals surface area contributed by atoms with Crippen LogP contribution in [0, 0.1) is 5.82 Å². The van der Waals surface area contributed by atoms with E-state index in [4.69, 9.17) is 4.74 Å². The molecule has 0 aliphatic heterocycles. The third-order valence-electron chi connectivity index (χ3n) is 3.61. The average molecular weight is 385 g/mol. The maximum Gasteiger partial charge on any atom is 0.249 e. The predicted octanol–water partition coefficient (Wildman–Crippen LogP) is 2.75. The lowest BCUT2D eigenvalue weighted by molar-refractivity contribution is -0.126. The van der Waals surface area contributed by atoms with E-state index < -0.39 is 24.1 Å². The van der Waals surface area contributed by atoms with E-state index in [0.717, 1.165) is 0 Å². The Hall–Kier alpha value is -3.68. The van der Waals surface area contributed by atoms with E-state index in [9.17, 15) is 19.1 Å². The van der Waals surface area contributed by atoms with Crippen molar-refractivity contribution in [1.29, 1.82) is 0 Å². The number of hydrazone groups is 1. The summed E-state index contributed by atoms with van der Waals surface area (Å²) in [5.41, 5.74) is 3.81. The molecule has 2 aromatic rings. The van der Waals surface area contributed by atoms with Gasteiger partial charge in [-0.15, -0.1) is 6.58 Å². The number of carbonyl (C=O) groups excluding carboxylic acids is 2. The van der Waals surface area contributed by atoms with E-state index in [1.54, 1.807) is 18.2 Å². The zero-order chi connectivity index (χ0) is 20.5. The van der Waals surface area contributed by atoms with Crippen LogP contribution in [0.5, 0.6) is 11.5 Å². The van der Waals surface area contributed by atoms with Gasteiger partial charge in [0, 0.05) is 11.3 Å². The van der Waals surface area contributed by atoms with Gasteiger partial charge >= 0.3 is 0 Å². The summed E-state index contributed by atoms with van der Waals surface area (Å²) >= 11 is 0. The zero-order valence-electron chi connectivity index (χ0n) is 15.2. The molecule has 0 atom stereocenters. The Kier molecular flexibility index (Phi) is 7.27. The molecular weight excluding hydrogens is 365 g/mol. The van der Waals surface area contributed by atoms with Crippen molar-refractivity contribution < 1.29 is 23.8 Å². The molecule has 3 N–H and O–H groups in total. The number of nitrogens with zero attached hydrogens (tertiary/aromatic N) is 1. The van der Waals surface area contributed by atoms with Gasteiger partial charge in [0.05, 0.1) is 13.3 Å². The number of aromatic hydroxyl groups is 1. The van der Waals surface area contributed by atoms with Crippen molar-refractivity contribution in [1.82, 2.24) is 5.43 Å². The molecule has 2 rings (SSSR count). The zero-order valence-corrected chi connectivity index (χ0v) is 15.2. The van der Waals surface area contributed by atoms with Crippen LogP contribution >= 0.6 is 0 Å². The van der Waals surface area contributed by atoms with Gasteiger partial charge in [0.2, 0.25) is 11.8 Å². The molecular formula is C20H20FN3O4. The molecule has 0 heterocycles. The minimum atomic E-state index is -0.618. The van der Waals surface area contributed by atoms with Crippen LogP contribution in [0.4, 0.5) is 10.1 Å². The van der Waals surface area contributed by atoms with E-state index in [2.05, 4.69) is 22.4 Å². The lowest BCUT2D eigenvalue weighted by atomic mass is 10.1. The highest BCUT2D eigenvalue weighted by Gasteiger charge is 2.10. The predicted molar refractivity (Wildman–Crippen MR) is 104 cm³/mol. The maximum absolute atomic E-state index is 12.8. The highest BCUT2D eigenvalue weighted by Crippen LogP contribution is 2.31. The van der Waals surface area contributed by atoms with Crippen LogP contribution in [0.1, 0.15) is 17.5 Å². The maximum atomic E-state index is 12.8. The van der Waals surface area contributed by atoms with E-state index in [-0.39, 0.29) is 11.5 Å². The molecule has 146 valence electrons. The summed E-state index contributed by atoms with van der Waals surface area (Å²) < 4.78 is 17.9. The molecule has 0 fully saturated rings. The van der Waals surface area contributed by atoms with Gasteiger partial charge in [0.15, 0.2) is 11.5 Å². The van der Waals surface area contributed by atoms with Crippen molar-refractivity contribution in [2.75, 3.05) is 12.4 Å². The largest absolute Gasteiger partial charge is 0.504 e. The Balaban J connectivity index is 1.93. The number of ether oxygens (including phenoxy) is 1. The summed E-state index contributed by atoms with van der Waals surface area (Å²) in [6.45, 7) is 3.63. The first-order valence-electron chi connectivity index (χ1n) is 8.31. The summed E-state index contributed by atoms with van der Waals surface area (Å²) in [5.74, 6) is -1.31. The highest BCUT2D eigenvalue weighted by atomic mass is 19.1. The first kappa shape index (κ1) is 20.6. The average Bonchev–Trinajstić information content (AvgIpc) is 2.66. The lowest BCUT2D eigenvalue weighted by Gasteiger charge is -2.09. The Bertz CT molecular complexity index is 895. The van der Waals surface area contributed by atoms with Gasteiger partial charge in [-0.3, -0.25) is 9.59 Å². The van der Waals surface area contributed by atoms with Gasteiger partial charge in [-0.2, -0.15) is 5.10 Å². The van der Waals surface area contributed by atoms with Gasteiger partial charge in [0.25, 0.3) is 0 Å². The normalized spacial score (nSPS) is 10.5. The number of rotatable bonds is 8. The molecule has 28 heavy (non-hydrogen) atoms. The summed E-state index contributed by atoms with van der Waals surface area (Å²) in [6, 6.07) is 8.42. The molecule has 8 heteroatoms. The van der Waals surface area contributed by atoms with Crippen LogP contribution in [0.25, 0.3) is 0 Å². The minimum Gasteiger partial charge on any atom is -0.504 e. The molecule has 0 spiro atoms. The minimum absolute atomic E-state index is 0.0149. The molecule has 0 bridgehead atoms. The molecule has 0 unspecified atom stereocenters. The van der Waals surface area contributed by atoms with Crippen LogP contribution in [-0.4, -0.2) is 30.2 Å². The number of amides is 2. The highest BCUT2D eigenvalue weighted by molar-refractivity contribution is 6.03. The first-order valence-corrected chi connectivity index (χ1v) is 8.31. The number of benzene rings is 2. The number of nitrogens with one attached hydrogen (secondary N) is 2. The molecule has 0 saturated heterocycles. The third kappa shape index (κ3) is 5.94. The summed E-state index contributed by atoms with van der Waals surface area (Å²) in [5, 5.41) is 16.3. The first-order chi connectivity index (χ1) is 13.4. The Morgan fingerprint density at radius 3 is 2.61 bits per heavy atom. The quantitative estimate of drug-likeness (QED) is 0.282. The number of halogens is 1. The van der Waals surface area contributed by atoms with Crippen LogP contribution in [0.15, 0.2) is 54.2 Å². The second-order valence-corrected chi connectivity index (χ2v) is 5.75. The molecule has 0 radical (unpaired) electrons. The third-order valence-corrected chi connectivity index (χ3v) is 3.61. The topological polar surface area (TPSA) is 100 Å². The fourth-order valence-corrected chi connectivity index (χ4v) is 2.33. The van der Waals surface area contributed by atoms with Gasteiger partial charge < -0.3 is 15.2 Å². The van der Waals surface area contributed by atoms with Crippen molar-refractivity contribution in [3.63, 3.8) is 0 Å². The van der Waals surface area contributed by atoms with Gasteiger partial charge in [-0.25, -0.2) is 9.82 Å². The number of allylic oxidation sites excluding steroid dienone is 1. The fraction of sp³-hybridized carbons (Fsp3) is 0.150. The Labute approximate surface area is 161 Å². The fourth-order valence-electron chi connectivity index (χ4n) is 2.33. The van der Waals surface area contributed by atoms with Crippen LogP contribution in [0.2, 0.25) is 0 Å². The van der Waals surface area contributed by atoms with Gasteiger partial charge in [0.1, 0.15) is 12.2 Å². The standard InChI is InChI=1S/C20H20FN3O4/c1-3-4-14-9-13(10-17(28-2)20(14)27)12-22-24-19(26)11-18(25)23-16-7-5-15(21)6-8-16/h3,5-10,12,27H,1,4,11H2,2H3,(H,23,25)(H,24,26). The second kappa shape index (κ2) is 9.86. The van der Waals surface area contributed by atoms with E-state index in [1.807, 2.05) is 0 Å². The number of anilines is 1. The summed E-state index contributed by atoms with van der Waals surface area (Å²) in [7, 11) is 1.43. The molecule has 0 aliphatic rings. The Morgan fingerprint density at radius 1 is 1.25 bits per heavy atom. The number of methoxy groups -OCH3 is 1. The van der Waals surface area contributed by atoms with Gasteiger partial charge in [-0.1, -0.05) is 6.08 Å². The van der Waals surface area contributed by atoms with E-state index in [1.165, 1.54) is 37.6 Å². The molecule has 0 saturated carbocycles. The van der Waals surface area contributed by atoms with E-state index >= 15 is 0 Å². The van der Waals surface area contributed by atoms with Gasteiger partial charge in [-0.05, 0) is 48.4 Å². The van der Waals surface area contributed by atoms with Crippen LogP contribution in [-0.2, 0) is 16.0 Å². The SMILES string of the molecule is C=CCc1cc(C=NNC(=O)CC(=O)Nc2ccc(F)cc2)cc(OC)c1O. The smallest absolute Gasteiger partial charge is 0.249 e. The number of phenolic OH excluding ortho intramolecular Hbond substituents is 1. The number of carbonyl (C=O) groups is 2. The van der Waals surface area contributed by atoms with Crippen LogP contribution < -0.4 is 15.5 Å². The Morgan fingerprint density at radius 2 is 1.96 bits per heavy atom. The number of phenols is 1.